The fourth-order valence-corrected chi connectivity index (χ4v) is 9.85. The van der Waals surface area contributed by atoms with E-state index in [1.54, 1.807) is 0 Å². The molecule has 6 saturated heterocycles. The topological polar surface area (TPSA) is 634 Å². The number of rotatable bonds is 23. The Morgan fingerprint density at radius 1 is 0.385 bits per heavy atom. The zero-order valence-electron chi connectivity index (χ0n) is 41.7. The zero-order chi connectivity index (χ0) is 57.8. The number of aliphatic hydroxyl groups is 16. The van der Waals surface area contributed by atoms with Crippen LogP contribution in [0.4, 0.5) is 0 Å². The highest BCUT2D eigenvalue weighted by Crippen LogP contribution is 2.36. The minimum atomic E-state index is -1.90. The van der Waals surface area contributed by atoms with Crippen LogP contribution in [-0.4, -0.2) is 342 Å². The smallest absolute Gasteiger partial charge is 0.176 e. The molecule has 0 aromatic carbocycles. The summed E-state index contributed by atoms with van der Waals surface area (Å²) in [5.74, 6) is 0. The lowest BCUT2D eigenvalue weighted by Crippen LogP contribution is -2.71. The van der Waals surface area contributed by atoms with Crippen LogP contribution < -0.4 is 40.1 Å². The molecule has 6 heterocycles. The molecule has 0 spiro atoms. The second-order valence-corrected chi connectivity index (χ2v) is 19.8. The Kier molecular flexibility index (Phi) is 24.1. The van der Waals surface area contributed by atoms with Crippen LogP contribution in [0.25, 0.3) is 0 Å². The Morgan fingerprint density at radius 3 is 0.885 bits per heavy atom. The molecular formula is C42H79N7O29. The Morgan fingerprint density at radius 2 is 0.628 bits per heavy atom. The quantitative estimate of drug-likeness (QED) is 0.0423. The summed E-state index contributed by atoms with van der Waals surface area (Å²) in [6.45, 7) is -6.21. The lowest BCUT2D eigenvalue weighted by Gasteiger charge is -2.50. The van der Waals surface area contributed by atoms with Gasteiger partial charge in [-0.3, -0.25) is 0 Å². The first-order valence-electron chi connectivity index (χ1n) is 25.0. The van der Waals surface area contributed by atoms with Crippen molar-refractivity contribution in [3.05, 3.63) is 0 Å². The molecule has 0 amide bonds. The molecule has 0 radical (unpaired) electrons. The average molecular weight is 1150 g/mol. The fraction of sp³-hybridized carbons (Fsp3) is 0.976. The summed E-state index contributed by atoms with van der Waals surface area (Å²) in [6.07, 6.45) is -44.8. The molecule has 6 fully saturated rings. The Labute approximate surface area is 443 Å². The van der Waals surface area contributed by atoms with E-state index in [1.165, 1.54) is 0 Å². The van der Waals surface area contributed by atoms with Gasteiger partial charge in [0, 0.05) is 0 Å². The first-order valence-corrected chi connectivity index (χ1v) is 25.0. The van der Waals surface area contributed by atoms with E-state index in [2.05, 4.69) is 0 Å². The van der Waals surface area contributed by atoms with Crippen LogP contribution in [0.1, 0.15) is 0 Å². The number of hydrogen-bond acceptors (Lipinski definition) is 36. The van der Waals surface area contributed by atoms with Gasteiger partial charge in [-0.15, -0.1) is 0 Å². The van der Waals surface area contributed by atoms with Crippen LogP contribution in [0.3, 0.4) is 0 Å². The van der Waals surface area contributed by atoms with E-state index in [-0.39, 0.29) is 6.29 Å². The van der Waals surface area contributed by atoms with Gasteiger partial charge in [0.15, 0.2) is 37.7 Å². The summed E-state index contributed by atoms with van der Waals surface area (Å²) in [4.78, 5) is 11.2. The second-order valence-electron chi connectivity index (χ2n) is 19.8. The van der Waals surface area contributed by atoms with Gasteiger partial charge in [-0.1, -0.05) is 0 Å². The molecule has 30 N–H and O–H groups in total. The Bertz CT molecular complexity index is 1810. The van der Waals surface area contributed by atoms with E-state index >= 15 is 0 Å². The van der Waals surface area contributed by atoms with Gasteiger partial charge in [-0.2, -0.15) is 0 Å². The van der Waals surface area contributed by atoms with E-state index < -0.39 is 254 Å². The lowest BCUT2D eigenvalue weighted by atomic mass is 9.93. The molecule has 0 bridgehead atoms. The van der Waals surface area contributed by atoms with Crippen LogP contribution in [0, 0.1) is 0 Å². The van der Waals surface area contributed by atoms with Gasteiger partial charge in [-0.05, 0) is 0 Å². The summed E-state index contributed by atoms with van der Waals surface area (Å²) in [5.41, 5.74) is 43.0. The van der Waals surface area contributed by atoms with Crippen LogP contribution in [-0.2, 0) is 61.6 Å². The molecule has 6 aliphatic rings. The SMILES string of the molecule is N[C@H]1[C@H](O[C@H]2[C@H](O)[C@@H](N)[C@H](O[C@H]3[C@H](O)[C@@H](N)[C@H](O[C@H]4[C@H](O)[C@@H](N)[C@H](O[C@H]5[C@H](O)[C@@H](N)[C@H](O[C@H]6[C@H](O)[C@@H](N)[C@H](O[C@@H]([C@H](O)[C@@H](N)C=O)[C@H](O)CO)O[C@@H]6CO)O[C@@H]5CO)O[C@@H]4CO)O[C@@H]3CO)O[C@@H]2CO)O[C@H](CO)[C@@H](O)[C@@H]1O. The van der Waals surface area contributed by atoms with Crippen LogP contribution in [0.5, 0.6) is 0 Å². The maximum Gasteiger partial charge on any atom is 0.176 e. The highest BCUT2D eigenvalue weighted by atomic mass is 16.8. The standard InChI is InChI=1S/C42H79N7O29/c43-9(1-50)23(59)31(10(58)2-51)73-38-18(45)26(62)33(12(4-53)68-38)75-40-20(47)28(64)35(14(6-55)70-40)77-42-22(49)30(66)36(16(8-57)72-42)78-41-21(48)29(65)34(15(7-56)71-41)76-39-19(46)27(63)32(13(5-54)69-39)74-37-17(44)25(61)24(60)11(3-52)67-37/h1,9-42,51-66H,2-8,43-49H2/t9-,10+,11+,12+,13+,14+,15+,16+,17+,18+,19+,20+,21+,22+,23+,24+,25+,26+,27+,28+,29+,30+,31+,32+,33+,34+,35+,36+,37-,38-,39-,40-,41-,42-/m0/s1. The molecule has 6 rings (SSSR count). The van der Waals surface area contributed by atoms with Crippen molar-refractivity contribution in [2.45, 2.75) is 208 Å². The fourth-order valence-electron chi connectivity index (χ4n) is 9.85. The third-order valence-corrected chi connectivity index (χ3v) is 14.6. The molecule has 0 saturated carbocycles. The molecule has 36 nitrogen and oxygen atoms in total. The first kappa shape index (κ1) is 65.4. The van der Waals surface area contributed by atoms with Gasteiger partial charge >= 0.3 is 0 Å². The number of carbonyl (C=O) groups is 1. The predicted octanol–water partition coefficient (Wildman–Crippen LogP) is -16.7. The van der Waals surface area contributed by atoms with Gasteiger partial charge in [0.05, 0.1) is 88.5 Å². The molecule has 0 aromatic rings. The van der Waals surface area contributed by atoms with E-state index in [9.17, 15) is 86.5 Å². The normalized spacial score (nSPS) is 49.2. The number of nitrogens with two attached hydrogens (primary N) is 7. The van der Waals surface area contributed by atoms with Crippen molar-refractivity contribution >= 4 is 6.29 Å². The maximum atomic E-state index is 11.5. The van der Waals surface area contributed by atoms with Gasteiger partial charge in [0.25, 0.3) is 0 Å². The Hall–Kier alpha value is -1.73. The number of ether oxygens (including phenoxy) is 12. The van der Waals surface area contributed by atoms with Crippen molar-refractivity contribution < 1.29 is 143 Å². The van der Waals surface area contributed by atoms with Crippen molar-refractivity contribution in [1.82, 2.24) is 0 Å². The van der Waals surface area contributed by atoms with Crippen LogP contribution in [0.15, 0.2) is 0 Å². The molecule has 0 unspecified atom stereocenters. The number of hydrogen-bond donors (Lipinski definition) is 23. The van der Waals surface area contributed by atoms with Crippen LogP contribution in [0.2, 0.25) is 0 Å². The Balaban J connectivity index is 1.06. The van der Waals surface area contributed by atoms with E-state index in [0.29, 0.717) is 0 Å². The molecular weight excluding hydrogens is 1070 g/mol. The van der Waals surface area contributed by atoms with Gasteiger partial charge < -0.3 is 183 Å². The van der Waals surface area contributed by atoms with Crippen molar-refractivity contribution in [1.29, 1.82) is 0 Å². The number of aliphatic hydroxyl groups excluding tert-OH is 16. The first-order chi connectivity index (χ1) is 37.0. The average Bonchev–Trinajstić information content (AvgIpc) is 3.46. The monoisotopic (exact) mass is 1150 g/mol. The summed E-state index contributed by atoms with van der Waals surface area (Å²) in [5, 5.41) is 169. The third-order valence-electron chi connectivity index (χ3n) is 14.6. The van der Waals surface area contributed by atoms with Gasteiger partial charge in [0.1, 0.15) is 134 Å². The lowest BCUT2D eigenvalue weighted by molar-refractivity contribution is -0.368. The molecule has 0 aliphatic carbocycles. The predicted molar refractivity (Wildman–Crippen MR) is 247 cm³/mol. The molecule has 456 valence electrons. The van der Waals surface area contributed by atoms with Crippen molar-refractivity contribution in [2.75, 3.05) is 46.2 Å². The number of carbonyl (C=O) groups excluding carboxylic acids is 1. The highest BCUT2D eigenvalue weighted by molar-refractivity contribution is 5.58. The molecule has 34 atom stereocenters. The highest BCUT2D eigenvalue weighted by Gasteiger charge is 2.57. The van der Waals surface area contributed by atoms with E-state index in [1.807, 2.05) is 0 Å². The van der Waals surface area contributed by atoms with E-state index in [0.717, 1.165) is 0 Å². The van der Waals surface area contributed by atoms with Gasteiger partial charge in [-0.25, -0.2) is 0 Å². The maximum absolute atomic E-state index is 11.5. The summed E-state index contributed by atoms with van der Waals surface area (Å²) >= 11 is 0. The van der Waals surface area contributed by atoms with Crippen LogP contribution >= 0.6 is 0 Å². The summed E-state index contributed by atoms with van der Waals surface area (Å²) < 4.78 is 69.5. The van der Waals surface area contributed by atoms with Crippen molar-refractivity contribution in [2.24, 2.45) is 40.1 Å². The summed E-state index contributed by atoms with van der Waals surface area (Å²) in [6, 6.07) is -11.0. The zero-order valence-corrected chi connectivity index (χ0v) is 41.7. The molecule has 6 aliphatic heterocycles. The summed E-state index contributed by atoms with van der Waals surface area (Å²) in [7, 11) is 0. The minimum absolute atomic E-state index is 0.147. The molecule has 36 heteroatoms. The molecule has 78 heavy (non-hydrogen) atoms. The molecule has 0 aromatic heterocycles. The van der Waals surface area contributed by atoms with E-state index in [4.69, 9.17) is 97.0 Å². The minimum Gasteiger partial charge on any atom is -0.394 e. The third kappa shape index (κ3) is 13.8. The van der Waals surface area contributed by atoms with Crippen molar-refractivity contribution in [3.8, 4) is 0 Å². The van der Waals surface area contributed by atoms with Gasteiger partial charge in [0.2, 0.25) is 0 Å². The second kappa shape index (κ2) is 28.7. The largest absolute Gasteiger partial charge is 0.394 e. The van der Waals surface area contributed by atoms with Crippen molar-refractivity contribution in [3.63, 3.8) is 0 Å². The number of aldehydes is 1.